The van der Waals surface area contributed by atoms with Crippen LogP contribution >= 0.6 is 0 Å². The van der Waals surface area contributed by atoms with Crippen LogP contribution in [0.2, 0.25) is 0 Å². The molecule has 0 aromatic heterocycles. The number of nitrogens with one attached hydrogen (secondary N) is 1. The fraction of sp³-hybridized carbons (Fsp3) is 0.500. The van der Waals surface area contributed by atoms with Gasteiger partial charge in [-0.05, 0) is 23.6 Å². The number of nitrogens with zero attached hydrogens (tertiary/aromatic N) is 1. The number of benzene rings is 1. The van der Waals surface area contributed by atoms with Gasteiger partial charge in [-0.1, -0.05) is 26.8 Å². The molecule has 0 radical (unpaired) electrons. The summed E-state index contributed by atoms with van der Waals surface area (Å²) >= 11 is 0. The van der Waals surface area contributed by atoms with Crippen LogP contribution in [0.5, 0.6) is 0 Å². The number of hydrogen-bond donors (Lipinski definition) is 2. The molecule has 0 aliphatic heterocycles. The van der Waals surface area contributed by atoms with Crippen molar-refractivity contribution in [3.8, 4) is 0 Å². The maximum atomic E-state index is 12.1. The highest BCUT2D eigenvalue weighted by atomic mass is 32.2. The van der Waals surface area contributed by atoms with Gasteiger partial charge < -0.3 is 11.1 Å². The molecule has 0 aliphatic carbocycles. The van der Waals surface area contributed by atoms with Gasteiger partial charge in [-0.25, -0.2) is 12.7 Å². The van der Waals surface area contributed by atoms with Gasteiger partial charge in [0.05, 0.1) is 10.9 Å². The van der Waals surface area contributed by atoms with Crippen molar-refractivity contribution in [2.75, 3.05) is 19.4 Å². The first-order chi connectivity index (χ1) is 9.46. The van der Waals surface area contributed by atoms with Gasteiger partial charge in [-0.2, -0.15) is 0 Å². The molecule has 1 atom stereocenters. The molecule has 6 nitrogen and oxygen atoms in total. The van der Waals surface area contributed by atoms with Crippen LogP contribution in [0.3, 0.4) is 0 Å². The second-order valence-corrected chi connectivity index (χ2v) is 8.30. The zero-order chi connectivity index (χ0) is 16.4. The Kier molecular flexibility index (Phi) is 5.14. The Balaban J connectivity index is 3.01. The third-order valence-electron chi connectivity index (χ3n) is 3.10. The van der Waals surface area contributed by atoms with Crippen LogP contribution < -0.4 is 11.1 Å². The number of carbonyl (C=O) groups is 1. The minimum Gasteiger partial charge on any atom is -0.325 e. The molecule has 1 rings (SSSR count). The SMILES string of the molecule is CN(C)S(=O)(=O)c1cccc(NC(=O)[C@@H](N)C(C)(C)C)c1. The lowest BCUT2D eigenvalue weighted by Gasteiger charge is -2.25. The Morgan fingerprint density at radius 3 is 2.33 bits per heavy atom. The summed E-state index contributed by atoms with van der Waals surface area (Å²) in [6.45, 7) is 5.60. The Morgan fingerprint density at radius 2 is 1.86 bits per heavy atom. The van der Waals surface area contributed by atoms with E-state index >= 15 is 0 Å². The van der Waals surface area contributed by atoms with E-state index in [1.165, 1.54) is 26.2 Å². The summed E-state index contributed by atoms with van der Waals surface area (Å²) in [7, 11) is -0.624. The van der Waals surface area contributed by atoms with Gasteiger partial charge in [0.15, 0.2) is 0 Å². The van der Waals surface area contributed by atoms with Crippen LogP contribution in [0.4, 0.5) is 5.69 Å². The van der Waals surface area contributed by atoms with Gasteiger partial charge >= 0.3 is 0 Å². The summed E-state index contributed by atoms with van der Waals surface area (Å²) in [4.78, 5) is 12.2. The molecule has 118 valence electrons. The Hall–Kier alpha value is -1.44. The third kappa shape index (κ3) is 4.26. The van der Waals surface area contributed by atoms with Crippen molar-refractivity contribution in [1.29, 1.82) is 0 Å². The average molecular weight is 313 g/mol. The molecular formula is C14H23N3O3S. The highest BCUT2D eigenvalue weighted by molar-refractivity contribution is 7.89. The summed E-state index contributed by atoms with van der Waals surface area (Å²) in [5.41, 5.74) is 5.90. The summed E-state index contributed by atoms with van der Waals surface area (Å²) in [6.07, 6.45) is 0. The van der Waals surface area contributed by atoms with E-state index in [9.17, 15) is 13.2 Å². The second-order valence-electron chi connectivity index (χ2n) is 6.15. The molecule has 0 unspecified atom stereocenters. The van der Waals surface area contributed by atoms with Crippen molar-refractivity contribution in [3.05, 3.63) is 24.3 Å². The maximum absolute atomic E-state index is 12.1. The molecule has 0 aliphatic rings. The number of anilines is 1. The predicted molar refractivity (Wildman–Crippen MR) is 83.4 cm³/mol. The molecule has 21 heavy (non-hydrogen) atoms. The van der Waals surface area contributed by atoms with Gasteiger partial charge in [0.2, 0.25) is 15.9 Å². The number of carbonyl (C=O) groups excluding carboxylic acids is 1. The molecule has 0 heterocycles. The molecule has 0 bridgehead atoms. The molecule has 1 aromatic rings. The van der Waals surface area contributed by atoms with Gasteiger partial charge in [0.1, 0.15) is 0 Å². The standard InChI is InChI=1S/C14H23N3O3S/c1-14(2,3)12(15)13(18)16-10-7-6-8-11(9-10)21(19,20)17(4)5/h6-9,12H,15H2,1-5H3,(H,16,18)/t12-/m1/s1. The van der Waals surface area contributed by atoms with Crippen molar-refractivity contribution in [3.63, 3.8) is 0 Å². The smallest absolute Gasteiger partial charge is 0.242 e. The summed E-state index contributed by atoms with van der Waals surface area (Å²) < 4.78 is 25.2. The van der Waals surface area contributed by atoms with E-state index in [1.807, 2.05) is 20.8 Å². The molecule has 0 saturated carbocycles. The van der Waals surface area contributed by atoms with Gasteiger partial charge in [-0.15, -0.1) is 0 Å². The molecule has 0 saturated heterocycles. The lowest BCUT2D eigenvalue weighted by molar-refractivity contribution is -0.119. The number of hydrogen-bond acceptors (Lipinski definition) is 4. The van der Waals surface area contributed by atoms with E-state index in [4.69, 9.17) is 5.73 Å². The highest BCUT2D eigenvalue weighted by Gasteiger charge is 2.27. The minimum absolute atomic E-state index is 0.120. The Labute approximate surface area is 126 Å². The quantitative estimate of drug-likeness (QED) is 0.875. The van der Waals surface area contributed by atoms with Crippen LogP contribution in [0.1, 0.15) is 20.8 Å². The fourth-order valence-corrected chi connectivity index (χ4v) is 2.51. The number of nitrogens with two attached hydrogens (primary N) is 1. The van der Waals surface area contributed by atoms with Crippen molar-refractivity contribution in [2.45, 2.75) is 31.7 Å². The van der Waals surface area contributed by atoms with Gasteiger partial charge in [0.25, 0.3) is 0 Å². The molecular weight excluding hydrogens is 290 g/mol. The zero-order valence-electron chi connectivity index (χ0n) is 13.0. The lowest BCUT2D eigenvalue weighted by atomic mass is 9.87. The first kappa shape index (κ1) is 17.6. The number of sulfonamides is 1. The van der Waals surface area contributed by atoms with E-state index in [2.05, 4.69) is 5.32 Å². The van der Waals surface area contributed by atoms with Crippen molar-refractivity contribution in [1.82, 2.24) is 4.31 Å². The van der Waals surface area contributed by atoms with Crippen LogP contribution in [0.25, 0.3) is 0 Å². The first-order valence-electron chi connectivity index (χ1n) is 6.55. The minimum atomic E-state index is -3.53. The fourth-order valence-electron chi connectivity index (χ4n) is 1.56. The number of amides is 1. The second kappa shape index (κ2) is 6.13. The van der Waals surface area contributed by atoms with Crippen LogP contribution in [0, 0.1) is 5.41 Å². The van der Waals surface area contributed by atoms with E-state index in [1.54, 1.807) is 12.1 Å². The average Bonchev–Trinajstić information content (AvgIpc) is 2.36. The molecule has 0 fully saturated rings. The summed E-state index contributed by atoms with van der Waals surface area (Å²) in [5.74, 6) is -0.345. The third-order valence-corrected chi connectivity index (χ3v) is 4.91. The van der Waals surface area contributed by atoms with E-state index in [-0.39, 0.29) is 16.2 Å². The molecule has 0 spiro atoms. The summed E-state index contributed by atoms with van der Waals surface area (Å²) in [6, 6.07) is 5.42. The van der Waals surface area contributed by atoms with E-state index < -0.39 is 16.1 Å². The summed E-state index contributed by atoms with van der Waals surface area (Å²) in [5, 5.41) is 2.65. The largest absolute Gasteiger partial charge is 0.325 e. The van der Waals surface area contributed by atoms with Crippen molar-refractivity contribution < 1.29 is 13.2 Å². The molecule has 1 amide bonds. The Bertz CT molecular complexity index is 619. The number of rotatable bonds is 4. The monoisotopic (exact) mass is 313 g/mol. The molecule has 3 N–H and O–H groups in total. The molecule has 7 heteroatoms. The molecule has 1 aromatic carbocycles. The van der Waals surface area contributed by atoms with E-state index in [0.29, 0.717) is 5.69 Å². The van der Waals surface area contributed by atoms with Crippen LogP contribution in [-0.2, 0) is 14.8 Å². The van der Waals surface area contributed by atoms with Crippen LogP contribution in [0.15, 0.2) is 29.2 Å². The maximum Gasteiger partial charge on any atom is 0.242 e. The Morgan fingerprint density at radius 1 is 1.29 bits per heavy atom. The first-order valence-corrected chi connectivity index (χ1v) is 7.99. The van der Waals surface area contributed by atoms with E-state index in [0.717, 1.165) is 4.31 Å². The highest BCUT2D eigenvalue weighted by Crippen LogP contribution is 2.21. The van der Waals surface area contributed by atoms with Crippen molar-refractivity contribution in [2.24, 2.45) is 11.1 Å². The zero-order valence-corrected chi connectivity index (χ0v) is 13.9. The normalized spacial score (nSPS) is 14.0. The van der Waals surface area contributed by atoms with Gasteiger partial charge in [0, 0.05) is 19.8 Å². The van der Waals surface area contributed by atoms with Crippen LogP contribution in [-0.4, -0.2) is 38.8 Å². The lowest BCUT2D eigenvalue weighted by Crippen LogP contribution is -2.45. The van der Waals surface area contributed by atoms with Crippen molar-refractivity contribution >= 4 is 21.6 Å². The topological polar surface area (TPSA) is 92.5 Å². The van der Waals surface area contributed by atoms with Gasteiger partial charge in [-0.3, -0.25) is 4.79 Å². The predicted octanol–water partition coefficient (Wildman–Crippen LogP) is 1.25.